The van der Waals surface area contributed by atoms with Gasteiger partial charge in [-0.3, -0.25) is 9.78 Å². The summed E-state index contributed by atoms with van der Waals surface area (Å²) in [6.07, 6.45) is 4.78. The molecule has 0 radical (unpaired) electrons. The number of benzene rings is 1. The van der Waals surface area contributed by atoms with E-state index in [-0.39, 0.29) is 11.9 Å². The first-order valence-electron chi connectivity index (χ1n) is 8.09. The van der Waals surface area contributed by atoms with Crippen molar-refractivity contribution < 1.29 is 14.3 Å². The molecule has 3 amide bonds. The van der Waals surface area contributed by atoms with Gasteiger partial charge < -0.3 is 20.3 Å². The monoisotopic (exact) mass is 340 g/mol. The number of methoxy groups -OCH3 is 1. The van der Waals surface area contributed by atoms with Crippen LogP contribution in [0.3, 0.4) is 0 Å². The Labute approximate surface area is 146 Å². The summed E-state index contributed by atoms with van der Waals surface area (Å²) in [7, 11) is 1.55. The lowest BCUT2D eigenvalue weighted by Gasteiger charge is -2.16. The minimum Gasteiger partial charge on any atom is -0.495 e. The van der Waals surface area contributed by atoms with E-state index in [1.165, 1.54) is 0 Å². The van der Waals surface area contributed by atoms with E-state index in [2.05, 4.69) is 15.6 Å². The van der Waals surface area contributed by atoms with Crippen molar-refractivity contribution in [3.05, 3.63) is 48.3 Å². The van der Waals surface area contributed by atoms with E-state index in [0.29, 0.717) is 30.9 Å². The maximum atomic E-state index is 12.1. The number of hydrogen-bond donors (Lipinski definition) is 2. The van der Waals surface area contributed by atoms with Crippen LogP contribution in [0.15, 0.2) is 42.7 Å². The van der Waals surface area contributed by atoms with E-state index < -0.39 is 0 Å². The van der Waals surface area contributed by atoms with Gasteiger partial charge in [0, 0.05) is 25.7 Å². The fraction of sp³-hybridized carbons (Fsp3) is 0.278. The molecule has 1 aromatic heterocycles. The second kappa shape index (κ2) is 7.65. The Morgan fingerprint density at radius 1 is 1.32 bits per heavy atom. The van der Waals surface area contributed by atoms with Crippen molar-refractivity contribution in [1.82, 2.24) is 10.3 Å². The van der Waals surface area contributed by atoms with Crippen molar-refractivity contribution in [2.45, 2.75) is 19.4 Å². The summed E-state index contributed by atoms with van der Waals surface area (Å²) < 4.78 is 5.20. The van der Waals surface area contributed by atoms with Crippen molar-refractivity contribution in [2.24, 2.45) is 0 Å². The average molecular weight is 340 g/mol. The predicted octanol–water partition coefficient (Wildman–Crippen LogP) is 2.54. The summed E-state index contributed by atoms with van der Waals surface area (Å²) in [5.74, 6) is 0.703. The van der Waals surface area contributed by atoms with Gasteiger partial charge in [0.15, 0.2) is 0 Å². The molecule has 1 saturated heterocycles. The number of hydrogen-bond acceptors (Lipinski definition) is 4. The molecule has 0 bridgehead atoms. The molecule has 1 aliphatic rings. The van der Waals surface area contributed by atoms with Crippen LogP contribution >= 0.6 is 0 Å². The van der Waals surface area contributed by atoms with Crippen LogP contribution in [0.4, 0.5) is 16.2 Å². The van der Waals surface area contributed by atoms with Gasteiger partial charge in [-0.25, -0.2) is 4.79 Å². The summed E-state index contributed by atoms with van der Waals surface area (Å²) in [4.78, 5) is 29.8. The van der Waals surface area contributed by atoms with Crippen molar-refractivity contribution >= 4 is 23.3 Å². The van der Waals surface area contributed by atoms with E-state index in [0.717, 1.165) is 17.7 Å². The van der Waals surface area contributed by atoms with Gasteiger partial charge in [-0.1, -0.05) is 12.1 Å². The first-order valence-corrected chi connectivity index (χ1v) is 8.09. The van der Waals surface area contributed by atoms with Gasteiger partial charge in [-0.15, -0.1) is 0 Å². The average Bonchev–Trinajstić information content (AvgIpc) is 3.07. The fourth-order valence-corrected chi connectivity index (χ4v) is 2.74. The van der Waals surface area contributed by atoms with Crippen LogP contribution < -0.4 is 20.3 Å². The van der Waals surface area contributed by atoms with Crippen molar-refractivity contribution in [1.29, 1.82) is 0 Å². The Hall–Kier alpha value is -3.09. The highest BCUT2D eigenvalue weighted by Gasteiger charge is 2.22. The van der Waals surface area contributed by atoms with Gasteiger partial charge in [0.05, 0.1) is 24.7 Å². The first-order chi connectivity index (χ1) is 12.2. The second-order valence-electron chi connectivity index (χ2n) is 5.71. The molecule has 1 aromatic carbocycles. The minimum atomic E-state index is -0.341. The summed E-state index contributed by atoms with van der Waals surface area (Å²) in [6.45, 7) is 1.02. The predicted molar refractivity (Wildman–Crippen MR) is 94.7 cm³/mol. The van der Waals surface area contributed by atoms with Crippen LogP contribution in [0.2, 0.25) is 0 Å². The van der Waals surface area contributed by atoms with Gasteiger partial charge in [0.1, 0.15) is 5.75 Å². The minimum absolute atomic E-state index is 0.112. The number of ether oxygens (including phenoxy) is 1. The lowest BCUT2D eigenvalue weighted by Crippen LogP contribution is -2.28. The standard InChI is InChI=1S/C18H20N4O3/c1-25-16-6-3-2-5-15(16)21-18(24)20-11-13-9-14(12-19-10-13)22-8-4-7-17(22)23/h2-3,5-6,9-10,12H,4,7-8,11H2,1H3,(H2,20,21,24). The molecular formula is C18H20N4O3. The largest absolute Gasteiger partial charge is 0.495 e. The Morgan fingerprint density at radius 3 is 2.92 bits per heavy atom. The van der Waals surface area contributed by atoms with Gasteiger partial charge in [0.25, 0.3) is 0 Å². The highest BCUT2D eigenvalue weighted by atomic mass is 16.5. The molecule has 0 saturated carbocycles. The number of aromatic nitrogens is 1. The summed E-state index contributed by atoms with van der Waals surface area (Å²) >= 11 is 0. The fourth-order valence-electron chi connectivity index (χ4n) is 2.74. The second-order valence-corrected chi connectivity index (χ2v) is 5.71. The van der Waals surface area contributed by atoms with E-state index in [4.69, 9.17) is 4.74 Å². The van der Waals surface area contributed by atoms with E-state index >= 15 is 0 Å². The summed E-state index contributed by atoms with van der Waals surface area (Å²) in [6, 6.07) is 8.72. The van der Waals surface area contributed by atoms with Crippen LogP contribution in [0.25, 0.3) is 0 Å². The van der Waals surface area contributed by atoms with Crippen LogP contribution in [0.1, 0.15) is 18.4 Å². The van der Waals surface area contributed by atoms with Crippen LogP contribution in [-0.2, 0) is 11.3 Å². The summed E-state index contributed by atoms with van der Waals surface area (Å²) in [5, 5.41) is 5.53. The third-order valence-electron chi connectivity index (χ3n) is 3.97. The molecular weight excluding hydrogens is 320 g/mol. The molecule has 2 heterocycles. The topological polar surface area (TPSA) is 83.6 Å². The van der Waals surface area contributed by atoms with Crippen molar-refractivity contribution in [3.63, 3.8) is 0 Å². The lowest BCUT2D eigenvalue weighted by atomic mass is 10.2. The third-order valence-corrected chi connectivity index (χ3v) is 3.97. The number of nitrogens with one attached hydrogen (secondary N) is 2. The van der Waals surface area contributed by atoms with E-state index in [9.17, 15) is 9.59 Å². The quantitative estimate of drug-likeness (QED) is 0.876. The number of carbonyl (C=O) groups excluding carboxylic acids is 2. The van der Waals surface area contributed by atoms with Crippen molar-refractivity contribution in [3.8, 4) is 5.75 Å². The number of nitrogens with zero attached hydrogens (tertiary/aromatic N) is 2. The zero-order valence-electron chi connectivity index (χ0n) is 14.0. The Balaban J connectivity index is 1.60. The SMILES string of the molecule is COc1ccccc1NC(=O)NCc1cncc(N2CCCC2=O)c1. The first kappa shape index (κ1) is 16.8. The molecule has 130 valence electrons. The molecule has 0 unspecified atom stereocenters. The highest BCUT2D eigenvalue weighted by molar-refractivity contribution is 5.95. The number of anilines is 2. The molecule has 7 nitrogen and oxygen atoms in total. The molecule has 0 aliphatic carbocycles. The molecule has 2 aromatic rings. The zero-order chi connectivity index (χ0) is 17.6. The zero-order valence-corrected chi connectivity index (χ0v) is 14.0. The maximum Gasteiger partial charge on any atom is 0.319 e. The Morgan fingerprint density at radius 2 is 2.16 bits per heavy atom. The van der Waals surface area contributed by atoms with E-state index in [1.807, 2.05) is 18.2 Å². The number of urea groups is 1. The van der Waals surface area contributed by atoms with Crippen molar-refractivity contribution in [2.75, 3.05) is 23.9 Å². The molecule has 1 aliphatic heterocycles. The number of pyridine rings is 1. The molecule has 0 atom stereocenters. The maximum absolute atomic E-state index is 12.1. The lowest BCUT2D eigenvalue weighted by molar-refractivity contribution is -0.117. The molecule has 2 N–H and O–H groups in total. The number of rotatable bonds is 5. The van der Waals surface area contributed by atoms with Gasteiger partial charge in [-0.2, -0.15) is 0 Å². The molecule has 7 heteroatoms. The van der Waals surface area contributed by atoms with Gasteiger partial charge in [-0.05, 0) is 30.2 Å². The normalized spacial score (nSPS) is 13.6. The summed E-state index contributed by atoms with van der Waals surface area (Å²) in [5.41, 5.74) is 2.19. The Bertz CT molecular complexity index is 778. The number of amides is 3. The number of carbonyl (C=O) groups is 2. The smallest absolute Gasteiger partial charge is 0.319 e. The van der Waals surface area contributed by atoms with Crippen LogP contribution in [0.5, 0.6) is 5.75 Å². The molecule has 0 spiro atoms. The highest BCUT2D eigenvalue weighted by Crippen LogP contribution is 2.23. The van der Waals surface area contributed by atoms with E-state index in [1.54, 1.807) is 36.5 Å². The van der Waals surface area contributed by atoms with Gasteiger partial charge in [0.2, 0.25) is 5.91 Å². The van der Waals surface area contributed by atoms with Gasteiger partial charge >= 0.3 is 6.03 Å². The third kappa shape index (κ3) is 4.06. The number of para-hydroxylation sites is 2. The van der Waals surface area contributed by atoms with Crippen LogP contribution in [-0.4, -0.2) is 30.6 Å². The molecule has 25 heavy (non-hydrogen) atoms. The molecule has 3 rings (SSSR count). The van der Waals surface area contributed by atoms with Crippen LogP contribution in [0, 0.1) is 0 Å². The Kier molecular flexibility index (Phi) is 5.13. The molecule has 1 fully saturated rings.